The van der Waals surface area contributed by atoms with E-state index in [9.17, 15) is 14.9 Å². The summed E-state index contributed by atoms with van der Waals surface area (Å²) in [7, 11) is 0. The van der Waals surface area contributed by atoms with Crippen LogP contribution in [0.15, 0.2) is 76.9 Å². The van der Waals surface area contributed by atoms with E-state index in [-0.39, 0.29) is 17.7 Å². The lowest BCUT2D eigenvalue weighted by atomic mass is 10.2. The summed E-state index contributed by atoms with van der Waals surface area (Å²) in [6, 6.07) is 10.3. The largest absolute Gasteiger partial charge is 0.268 e. The predicted molar refractivity (Wildman–Crippen MR) is 110 cm³/mol. The summed E-state index contributed by atoms with van der Waals surface area (Å²) in [5.41, 5.74) is 2.25. The van der Waals surface area contributed by atoms with Gasteiger partial charge in [-0.25, -0.2) is 9.97 Å². The van der Waals surface area contributed by atoms with E-state index in [2.05, 4.69) is 15.9 Å². The van der Waals surface area contributed by atoms with Crippen LogP contribution in [0, 0.1) is 22.5 Å². The van der Waals surface area contributed by atoms with Gasteiger partial charge in [-0.05, 0) is 48.0 Å². The SMILES string of the molecule is C#Cc1ccc(-n2c(/C=C/C3=CC=C([N+](=O)[O-])C3)nc3ncccc3c2=O)cc1. The highest BCUT2D eigenvalue weighted by molar-refractivity contribution is 5.75. The van der Waals surface area contributed by atoms with Crippen LogP contribution in [-0.4, -0.2) is 19.5 Å². The molecule has 0 saturated carbocycles. The molecule has 3 aromatic rings. The zero-order valence-corrected chi connectivity index (χ0v) is 15.1. The Balaban J connectivity index is 1.82. The van der Waals surface area contributed by atoms with Crippen molar-refractivity contribution in [2.45, 2.75) is 6.42 Å². The van der Waals surface area contributed by atoms with Crippen molar-refractivity contribution in [3.63, 3.8) is 0 Å². The van der Waals surface area contributed by atoms with E-state index in [1.165, 1.54) is 10.6 Å². The topological polar surface area (TPSA) is 90.9 Å². The molecule has 7 nitrogen and oxygen atoms in total. The number of fused-ring (bicyclic) bond motifs is 1. The van der Waals surface area contributed by atoms with Crippen molar-refractivity contribution in [3.05, 3.63) is 104 Å². The van der Waals surface area contributed by atoms with Crippen molar-refractivity contribution in [1.82, 2.24) is 14.5 Å². The number of nitro groups is 1. The van der Waals surface area contributed by atoms with Gasteiger partial charge in [-0.2, -0.15) is 0 Å². The van der Waals surface area contributed by atoms with Crippen LogP contribution in [0.5, 0.6) is 0 Å². The van der Waals surface area contributed by atoms with Crippen LogP contribution in [0.2, 0.25) is 0 Å². The fraction of sp³-hybridized carbons (Fsp3) is 0.0455. The average molecular weight is 382 g/mol. The van der Waals surface area contributed by atoms with E-state index < -0.39 is 4.92 Å². The van der Waals surface area contributed by atoms with Crippen LogP contribution in [0.4, 0.5) is 0 Å². The van der Waals surface area contributed by atoms with Gasteiger partial charge >= 0.3 is 0 Å². The van der Waals surface area contributed by atoms with Gasteiger partial charge in [0, 0.05) is 17.8 Å². The molecule has 0 unspecified atom stereocenters. The Kier molecular flexibility index (Phi) is 4.59. The van der Waals surface area contributed by atoms with Crippen LogP contribution in [0.1, 0.15) is 17.8 Å². The fourth-order valence-electron chi connectivity index (χ4n) is 3.06. The normalized spacial score (nSPS) is 13.3. The second kappa shape index (κ2) is 7.37. The number of hydrogen-bond donors (Lipinski definition) is 0. The molecule has 1 aliphatic rings. The lowest BCUT2D eigenvalue weighted by Crippen LogP contribution is -2.22. The molecular weight excluding hydrogens is 368 g/mol. The Morgan fingerprint density at radius 1 is 1.17 bits per heavy atom. The lowest BCUT2D eigenvalue weighted by Gasteiger charge is -2.11. The molecule has 7 heteroatoms. The zero-order valence-electron chi connectivity index (χ0n) is 15.1. The third-order valence-corrected chi connectivity index (χ3v) is 4.52. The van der Waals surface area contributed by atoms with Crippen molar-refractivity contribution in [2.24, 2.45) is 0 Å². The van der Waals surface area contributed by atoms with Gasteiger partial charge in [0.15, 0.2) is 5.65 Å². The van der Waals surface area contributed by atoms with Crippen molar-refractivity contribution >= 4 is 17.1 Å². The van der Waals surface area contributed by atoms with Gasteiger partial charge in [0.25, 0.3) is 11.3 Å². The van der Waals surface area contributed by atoms with Gasteiger partial charge in [0.1, 0.15) is 5.82 Å². The van der Waals surface area contributed by atoms with Crippen molar-refractivity contribution in [2.75, 3.05) is 0 Å². The summed E-state index contributed by atoms with van der Waals surface area (Å²) >= 11 is 0. The van der Waals surface area contributed by atoms with E-state index in [1.807, 2.05) is 0 Å². The molecule has 0 amide bonds. The quantitative estimate of drug-likeness (QED) is 0.392. The van der Waals surface area contributed by atoms with Gasteiger partial charge in [-0.3, -0.25) is 19.5 Å². The molecule has 0 saturated heterocycles. The summed E-state index contributed by atoms with van der Waals surface area (Å²) in [5.74, 6) is 2.91. The predicted octanol–water partition coefficient (Wildman–Crippen LogP) is 3.27. The molecule has 2 heterocycles. The Morgan fingerprint density at radius 3 is 2.66 bits per heavy atom. The fourth-order valence-corrected chi connectivity index (χ4v) is 3.06. The minimum Gasteiger partial charge on any atom is -0.268 e. The highest BCUT2D eigenvalue weighted by atomic mass is 16.6. The number of allylic oxidation sites excluding steroid dienone is 4. The Hall–Kier alpha value is -4.31. The average Bonchev–Trinajstić information content (AvgIpc) is 3.22. The number of rotatable bonds is 4. The monoisotopic (exact) mass is 382 g/mol. The van der Waals surface area contributed by atoms with Gasteiger partial charge in [0.2, 0.25) is 0 Å². The smallest absolute Gasteiger partial charge is 0.267 e. The molecule has 0 N–H and O–H groups in total. The highest BCUT2D eigenvalue weighted by Crippen LogP contribution is 2.21. The summed E-state index contributed by atoms with van der Waals surface area (Å²) in [6.07, 6.45) is 13.7. The van der Waals surface area contributed by atoms with Gasteiger partial charge in [-0.15, -0.1) is 6.42 Å². The van der Waals surface area contributed by atoms with Crippen LogP contribution in [0.25, 0.3) is 22.8 Å². The van der Waals surface area contributed by atoms with Gasteiger partial charge < -0.3 is 0 Å². The first-order chi connectivity index (χ1) is 14.1. The molecule has 0 aliphatic heterocycles. The maximum Gasteiger partial charge on any atom is 0.267 e. The molecule has 0 atom stereocenters. The van der Waals surface area contributed by atoms with E-state index in [0.29, 0.717) is 28.1 Å². The lowest BCUT2D eigenvalue weighted by molar-refractivity contribution is -0.426. The number of hydrogen-bond acceptors (Lipinski definition) is 5. The first-order valence-electron chi connectivity index (χ1n) is 8.74. The number of benzene rings is 1. The van der Waals surface area contributed by atoms with Crippen LogP contribution < -0.4 is 5.56 Å². The summed E-state index contributed by atoms with van der Waals surface area (Å²) in [6.45, 7) is 0. The second-order valence-electron chi connectivity index (χ2n) is 6.34. The second-order valence-corrected chi connectivity index (χ2v) is 6.34. The molecule has 0 fully saturated rings. The molecule has 1 aromatic carbocycles. The third-order valence-electron chi connectivity index (χ3n) is 4.52. The standard InChI is InChI=1S/C22H14N4O3/c1-2-15-5-9-17(10-6-15)25-20(12-8-16-7-11-18(14-16)26(28)29)24-21-19(22(25)27)4-3-13-23-21/h1,3-13H,14H2/b12-8+. The molecule has 0 spiro atoms. The Morgan fingerprint density at radius 2 is 1.97 bits per heavy atom. The first-order valence-corrected chi connectivity index (χ1v) is 8.74. The Labute approximate surface area is 165 Å². The van der Waals surface area contributed by atoms with E-state index in [1.54, 1.807) is 60.8 Å². The molecule has 4 rings (SSSR count). The summed E-state index contributed by atoms with van der Waals surface area (Å²) in [4.78, 5) is 32.3. The molecular formula is C22H14N4O3. The molecule has 2 aromatic heterocycles. The van der Waals surface area contributed by atoms with Crippen molar-refractivity contribution in [3.8, 4) is 18.0 Å². The zero-order chi connectivity index (χ0) is 20.4. The molecule has 0 bridgehead atoms. The number of terminal acetylenes is 1. The maximum atomic E-state index is 13.1. The highest BCUT2D eigenvalue weighted by Gasteiger charge is 2.17. The minimum absolute atomic E-state index is 0.125. The van der Waals surface area contributed by atoms with Crippen LogP contribution >= 0.6 is 0 Å². The van der Waals surface area contributed by atoms with Gasteiger partial charge in [0.05, 0.1) is 22.4 Å². The van der Waals surface area contributed by atoms with Crippen LogP contribution in [0.3, 0.4) is 0 Å². The Bertz CT molecular complexity index is 1320. The van der Waals surface area contributed by atoms with E-state index in [4.69, 9.17) is 6.42 Å². The molecule has 140 valence electrons. The molecule has 29 heavy (non-hydrogen) atoms. The summed E-state index contributed by atoms with van der Waals surface area (Å²) < 4.78 is 1.47. The van der Waals surface area contributed by atoms with Crippen LogP contribution in [-0.2, 0) is 0 Å². The van der Waals surface area contributed by atoms with Crippen molar-refractivity contribution < 1.29 is 4.92 Å². The molecule has 1 aliphatic carbocycles. The third kappa shape index (κ3) is 3.47. The number of aromatic nitrogens is 3. The summed E-state index contributed by atoms with van der Waals surface area (Å²) in [5, 5.41) is 11.3. The maximum absolute atomic E-state index is 13.1. The number of nitrogens with zero attached hydrogens (tertiary/aromatic N) is 4. The number of pyridine rings is 1. The minimum atomic E-state index is -0.404. The van der Waals surface area contributed by atoms with E-state index in [0.717, 1.165) is 5.57 Å². The van der Waals surface area contributed by atoms with E-state index >= 15 is 0 Å². The van der Waals surface area contributed by atoms with Crippen molar-refractivity contribution in [1.29, 1.82) is 0 Å². The molecule has 0 radical (unpaired) electrons. The first kappa shape index (κ1) is 18.1. The van der Waals surface area contributed by atoms with Gasteiger partial charge in [-0.1, -0.05) is 18.1 Å².